The van der Waals surface area contributed by atoms with Gasteiger partial charge in [0.2, 0.25) is 5.91 Å². The van der Waals surface area contributed by atoms with Crippen LogP contribution in [-0.2, 0) is 23.9 Å². The van der Waals surface area contributed by atoms with Crippen LogP contribution < -0.4 is 20.9 Å². The molecule has 33 heavy (non-hydrogen) atoms. The summed E-state index contributed by atoms with van der Waals surface area (Å²) < 4.78 is 15.0. The molecule has 10 heteroatoms. The zero-order valence-corrected chi connectivity index (χ0v) is 19.6. The lowest BCUT2D eigenvalue weighted by Crippen LogP contribution is -2.40. The maximum atomic E-state index is 12.6. The summed E-state index contributed by atoms with van der Waals surface area (Å²) >= 11 is 0. The van der Waals surface area contributed by atoms with Crippen LogP contribution in [0.5, 0.6) is 5.75 Å². The van der Waals surface area contributed by atoms with Gasteiger partial charge in [0.25, 0.3) is 5.91 Å². The molecule has 10 nitrogen and oxygen atoms in total. The summed E-state index contributed by atoms with van der Waals surface area (Å²) in [5.41, 5.74) is 4.78. The number of ether oxygens (including phenoxy) is 3. The van der Waals surface area contributed by atoms with Crippen LogP contribution in [0, 0.1) is 0 Å². The second-order valence-corrected chi connectivity index (χ2v) is 7.16. The Balaban J connectivity index is 3.02. The number of amides is 2. The minimum atomic E-state index is -0.798. The molecule has 0 saturated carbocycles. The number of benzene rings is 1. The highest BCUT2D eigenvalue weighted by Crippen LogP contribution is 2.24. The van der Waals surface area contributed by atoms with Gasteiger partial charge in [-0.1, -0.05) is 39.0 Å². The van der Waals surface area contributed by atoms with E-state index >= 15 is 0 Å². The van der Waals surface area contributed by atoms with Crippen molar-refractivity contribution in [3.05, 3.63) is 35.5 Å². The highest BCUT2D eigenvalue weighted by Gasteiger charge is 2.17. The topological polar surface area (TPSA) is 132 Å². The third-order valence-corrected chi connectivity index (χ3v) is 4.48. The Bertz CT molecular complexity index is 852. The van der Waals surface area contributed by atoms with Crippen molar-refractivity contribution >= 4 is 29.4 Å². The molecule has 0 atom stereocenters. The van der Waals surface area contributed by atoms with Crippen molar-refractivity contribution in [3.8, 4) is 5.75 Å². The molecular weight excluding hydrogens is 430 g/mol. The van der Waals surface area contributed by atoms with Gasteiger partial charge in [-0.3, -0.25) is 20.4 Å². The van der Waals surface area contributed by atoms with E-state index in [9.17, 15) is 19.2 Å². The van der Waals surface area contributed by atoms with Crippen molar-refractivity contribution < 1.29 is 33.4 Å². The first kappa shape index (κ1) is 27.5. The number of nitrogens with one attached hydrogen (secondary N) is 3. The van der Waals surface area contributed by atoms with E-state index in [1.165, 1.54) is 46.5 Å². The highest BCUT2D eigenvalue weighted by atomic mass is 16.5. The van der Waals surface area contributed by atoms with E-state index in [0.29, 0.717) is 18.0 Å². The van der Waals surface area contributed by atoms with Crippen molar-refractivity contribution in [1.29, 1.82) is 0 Å². The molecule has 1 aromatic rings. The fraction of sp³-hybridized carbons (Fsp3) is 0.478. The third-order valence-electron chi connectivity index (χ3n) is 4.48. The average molecular weight is 464 g/mol. The minimum Gasteiger partial charge on any atom is -0.493 e. The molecule has 3 N–H and O–H groups in total. The molecule has 0 heterocycles. The molecule has 0 aliphatic carbocycles. The van der Waals surface area contributed by atoms with Crippen LogP contribution in [0.3, 0.4) is 0 Å². The Morgan fingerprint density at radius 1 is 0.939 bits per heavy atom. The number of hydrogen-bond acceptors (Lipinski definition) is 8. The van der Waals surface area contributed by atoms with Gasteiger partial charge in [0, 0.05) is 12.6 Å². The monoisotopic (exact) mass is 463 g/mol. The molecule has 0 unspecified atom stereocenters. The lowest BCUT2D eigenvalue weighted by atomic mass is 10.1. The van der Waals surface area contributed by atoms with E-state index in [1.807, 2.05) is 0 Å². The summed E-state index contributed by atoms with van der Waals surface area (Å²) in [7, 11) is 2.34. The maximum Gasteiger partial charge on any atom is 0.354 e. The number of methoxy groups -OCH3 is 2. The van der Waals surface area contributed by atoms with Crippen LogP contribution in [0.15, 0.2) is 30.0 Å². The van der Waals surface area contributed by atoms with Crippen LogP contribution in [0.4, 0.5) is 5.69 Å². The predicted molar refractivity (Wildman–Crippen MR) is 122 cm³/mol. The van der Waals surface area contributed by atoms with E-state index in [1.54, 1.807) is 12.1 Å². The van der Waals surface area contributed by atoms with Crippen molar-refractivity contribution in [2.24, 2.45) is 0 Å². The molecule has 0 radical (unpaired) electrons. The van der Waals surface area contributed by atoms with Gasteiger partial charge in [-0.15, -0.1) is 0 Å². The number of anilines is 1. The van der Waals surface area contributed by atoms with E-state index in [-0.39, 0.29) is 11.3 Å². The number of carbonyl (C=O) groups excluding carboxylic acids is 4. The van der Waals surface area contributed by atoms with E-state index in [0.717, 1.165) is 25.3 Å². The van der Waals surface area contributed by atoms with Crippen molar-refractivity contribution in [2.75, 3.05) is 26.1 Å². The van der Waals surface area contributed by atoms with Crippen LogP contribution in [-0.4, -0.2) is 44.6 Å². The second-order valence-electron chi connectivity index (χ2n) is 7.16. The summed E-state index contributed by atoms with van der Waals surface area (Å²) in [6.45, 7) is 3.85. The molecule has 0 spiro atoms. The number of unbranched alkanes of at least 4 members (excludes halogenated alkanes) is 5. The lowest BCUT2D eigenvalue weighted by Gasteiger charge is -2.15. The summed E-state index contributed by atoms with van der Waals surface area (Å²) in [5.74, 6) is -2.29. The lowest BCUT2D eigenvalue weighted by molar-refractivity contribution is -0.138. The molecule has 0 aromatic heterocycles. The normalized spacial score (nSPS) is 10.7. The molecule has 0 aliphatic heterocycles. The highest BCUT2D eigenvalue weighted by molar-refractivity contribution is 6.01. The summed E-state index contributed by atoms with van der Waals surface area (Å²) in [4.78, 5) is 47.3. The van der Waals surface area contributed by atoms with E-state index < -0.39 is 23.8 Å². The first-order chi connectivity index (χ1) is 15.8. The molecule has 0 fully saturated rings. The number of rotatable bonds is 13. The molecule has 0 bridgehead atoms. The van der Waals surface area contributed by atoms with E-state index in [4.69, 9.17) is 4.74 Å². The van der Waals surface area contributed by atoms with Gasteiger partial charge < -0.3 is 19.5 Å². The number of carbonyl (C=O) groups is 4. The molecule has 0 aliphatic rings. The van der Waals surface area contributed by atoms with Gasteiger partial charge in [0.05, 0.1) is 32.5 Å². The van der Waals surface area contributed by atoms with Crippen molar-refractivity contribution in [2.45, 2.75) is 52.4 Å². The molecular formula is C23H33N3O7. The van der Waals surface area contributed by atoms with Crippen molar-refractivity contribution in [1.82, 2.24) is 10.9 Å². The number of hydrogen-bond donors (Lipinski definition) is 3. The first-order valence-electron chi connectivity index (χ1n) is 10.8. The zero-order chi connectivity index (χ0) is 24.6. The molecule has 1 aromatic carbocycles. The molecule has 1 rings (SSSR count). The van der Waals surface area contributed by atoms with Gasteiger partial charge in [-0.05, 0) is 24.6 Å². The standard InChI is InChI=1S/C23H33N3O7/c1-5-6-7-8-9-10-13-33-20-12-11-17(14-18(20)22(29)26-25-16(2)27)24-19(23(30)32-4)15-21(28)31-3/h11-12,14-15,24H,5-10,13H2,1-4H3,(H,25,27)(H,26,29)/b19-15+. The van der Waals surface area contributed by atoms with Gasteiger partial charge in [-0.2, -0.15) is 0 Å². The van der Waals surface area contributed by atoms with Crippen LogP contribution in [0.2, 0.25) is 0 Å². The van der Waals surface area contributed by atoms with Gasteiger partial charge >= 0.3 is 11.9 Å². The van der Waals surface area contributed by atoms with Gasteiger partial charge in [0.1, 0.15) is 11.4 Å². The average Bonchev–Trinajstić information content (AvgIpc) is 2.81. The number of hydrazine groups is 1. The third kappa shape index (κ3) is 10.5. The second kappa shape index (κ2) is 15.3. The van der Waals surface area contributed by atoms with E-state index in [2.05, 4.69) is 32.6 Å². The SMILES string of the molecule is CCCCCCCCOc1ccc(N/C(=C/C(=O)OC)C(=O)OC)cc1C(=O)NNC(C)=O. The molecule has 0 saturated heterocycles. The van der Waals surface area contributed by atoms with Gasteiger partial charge in [-0.25, -0.2) is 9.59 Å². The summed E-state index contributed by atoms with van der Waals surface area (Å²) in [5, 5.41) is 2.74. The Kier molecular flexibility index (Phi) is 12.7. The van der Waals surface area contributed by atoms with Crippen LogP contribution in [0.25, 0.3) is 0 Å². The molecule has 2 amide bonds. The Hall–Kier alpha value is -3.56. The van der Waals surface area contributed by atoms with Gasteiger partial charge in [0.15, 0.2) is 0 Å². The summed E-state index contributed by atoms with van der Waals surface area (Å²) in [6, 6.07) is 4.58. The number of esters is 2. The summed E-state index contributed by atoms with van der Waals surface area (Å²) in [6.07, 6.45) is 7.49. The minimum absolute atomic E-state index is 0.127. The van der Waals surface area contributed by atoms with Crippen LogP contribution in [0.1, 0.15) is 62.7 Å². The smallest absolute Gasteiger partial charge is 0.354 e. The predicted octanol–water partition coefficient (Wildman–Crippen LogP) is 2.85. The first-order valence-corrected chi connectivity index (χ1v) is 10.8. The largest absolute Gasteiger partial charge is 0.493 e. The quantitative estimate of drug-likeness (QED) is 0.176. The maximum absolute atomic E-state index is 12.6. The Morgan fingerprint density at radius 3 is 2.27 bits per heavy atom. The van der Waals surface area contributed by atoms with Crippen LogP contribution >= 0.6 is 0 Å². The molecule has 182 valence electrons. The fourth-order valence-corrected chi connectivity index (χ4v) is 2.78. The van der Waals surface area contributed by atoms with Crippen molar-refractivity contribution in [3.63, 3.8) is 0 Å². The Labute approximate surface area is 194 Å². The Morgan fingerprint density at radius 2 is 1.64 bits per heavy atom. The zero-order valence-electron chi connectivity index (χ0n) is 19.6. The fourth-order valence-electron chi connectivity index (χ4n) is 2.78.